The van der Waals surface area contributed by atoms with Gasteiger partial charge < -0.3 is 15.8 Å². The zero-order valence-electron chi connectivity index (χ0n) is 14.1. The fraction of sp³-hybridized carbons (Fsp3) is 0.350. The summed E-state index contributed by atoms with van der Waals surface area (Å²) < 4.78 is 5.38. The highest BCUT2D eigenvalue weighted by Crippen LogP contribution is 2.30. The Morgan fingerprint density at radius 3 is 2.48 bits per heavy atom. The van der Waals surface area contributed by atoms with Crippen LogP contribution < -0.4 is 11.1 Å². The van der Waals surface area contributed by atoms with Gasteiger partial charge in [-0.3, -0.25) is 4.79 Å². The summed E-state index contributed by atoms with van der Waals surface area (Å²) in [5, 5.41) is 3.79. The molecule has 132 valence electrons. The van der Waals surface area contributed by atoms with Crippen LogP contribution >= 0.6 is 11.6 Å². The Kier molecular flexibility index (Phi) is 5.74. The predicted molar refractivity (Wildman–Crippen MR) is 100 cm³/mol. The van der Waals surface area contributed by atoms with Crippen molar-refractivity contribution in [1.82, 2.24) is 5.32 Å². The van der Waals surface area contributed by atoms with Gasteiger partial charge in [0, 0.05) is 31.3 Å². The van der Waals surface area contributed by atoms with E-state index in [1.165, 1.54) is 0 Å². The molecule has 1 aliphatic rings. The van der Waals surface area contributed by atoms with E-state index in [2.05, 4.69) is 11.4 Å². The molecule has 5 heteroatoms. The topological polar surface area (TPSA) is 64.4 Å². The average Bonchev–Trinajstić information content (AvgIpc) is 2.67. The van der Waals surface area contributed by atoms with E-state index in [4.69, 9.17) is 22.1 Å². The van der Waals surface area contributed by atoms with E-state index >= 15 is 0 Å². The first kappa shape index (κ1) is 17.9. The fourth-order valence-corrected chi connectivity index (χ4v) is 3.36. The molecule has 2 aromatic rings. The van der Waals surface area contributed by atoms with E-state index < -0.39 is 5.41 Å². The van der Waals surface area contributed by atoms with Gasteiger partial charge in [0.15, 0.2) is 0 Å². The van der Waals surface area contributed by atoms with Crippen molar-refractivity contribution >= 4 is 17.5 Å². The highest BCUT2D eigenvalue weighted by atomic mass is 35.5. The molecule has 2 aromatic carbocycles. The molecule has 1 aliphatic heterocycles. The summed E-state index contributed by atoms with van der Waals surface area (Å²) in [7, 11) is 0. The first-order valence-corrected chi connectivity index (χ1v) is 8.92. The van der Waals surface area contributed by atoms with E-state index in [1.54, 1.807) is 0 Å². The van der Waals surface area contributed by atoms with Crippen molar-refractivity contribution in [2.24, 2.45) is 11.1 Å². The largest absolute Gasteiger partial charge is 0.381 e. The zero-order chi connectivity index (χ0) is 17.7. The van der Waals surface area contributed by atoms with Crippen LogP contribution in [0.2, 0.25) is 5.02 Å². The standard InChI is InChI=1S/C20H23ClN2O2/c21-17-7-5-15(6-8-17)18-4-2-1-3-16(18)13-23-19(24)20(14-22)9-11-25-12-10-20/h1-8H,9-14,22H2,(H,23,24). The number of carbonyl (C=O) groups is 1. The van der Waals surface area contributed by atoms with Crippen LogP contribution in [0.3, 0.4) is 0 Å². The molecular weight excluding hydrogens is 336 g/mol. The molecule has 0 spiro atoms. The molecule has 0 bridgehead atoms. The van der Waals surface area contributed by atoms with Crippen LogP contribution in [0, 0.1) is 5.41 Å². The SMILES string of the molecule is NCC1(C(=O)NCc2ccccc2-c2ccc(Cl)cc2)CCOCC1. The smallest absolute Gasteiger partial charge is 0.227 e. The quantitative estimate of drug-likeness (QED) is 0.861. The number of halogens is 1. The minimum absolute atomic E-state index is 0.0178. The van der Waals surface area contributed by atoms with Gasteiger partial charge in [-0.25, -0.2) is 0 Å². The van der Waals surface area contributed by atoms with Gasteiger partial charge in [-0.15, -0.1) is 0 Å². The van der Waals surface area contributed by atoms with Crippen LogP contribution in [-0.4, -0.2) is 25.7 Å². The summed E-state index contributed by atoms with van der Waals surface area (Å²) in [6.45, 7) is 2.00. The van der Waals surface area contributed by atoms with Crippen LogP contribution in [-0.2, 0) is 16.1 Å². The van der Waals surface area contributed by atoms with E-state index in [-0.39, 0.29) is 5.91 Å². The highest BCUT2D eigenvalue weighted by Gasteiger charge is 2.38. The van der Waals surface area contributed by atoms with Crippen LogP contribution in [0.15, 0.2) is 48.5 Å². The van der Waals surface area contributed by atoms with Crippen molar-refractivity contribution in [2.75, 3.05) is 19.8 Å². The van der Waals surface area contributed by atoms with Crippen molar-refractivity contribution in [1.29, 1.82) is 0 Å². The number of nitrogens with two attached hydrogens (primary N) is 1. The van der Waals surface area contributed by atoms with E-state index in [0.29, 0.717) is 44.2 Å². The Bertz CT molecular complexity index is 725. The molecule has 1 saturated heterocycles. The lowest BCUT2D eigenvalue weighted by Crippen LogP contribution is -2.49. The van der Waals surface area contributed by atoms with Crippen molar-refractivity contribution in [3.8, 4) is 11.1 Å². The van der Waals surface area contributed by atoms with Gasteiger partial charge in [0.25, 0.3) is 0 Å². The number of amides is 1. The maximum Gasteiger partial charge on any atom is 0.227 e. The first-order chi connectivity index (χ1) is 12.1. The summed E-state index contributed by atoms with van der Waals surface area (Å²) >= 11 is 5.98. The second kappa shape index (κ2) is 8.00. The molecule has 0 aromatic heterocycles. The van der Waals surface area contributed by atoms with Gasteiger partial charge in [-0.05, 0) is 41.7 Å². The number of benzene rings is 2. The van der Waals surface area contributed by atoms with Gasteiger partial charge in [-0.1, -0.05) is 48.0 Å². The number of rotatable bonds is 5. The van der Waals surface area contributed by atoms with Crippen LogP contribution in [0.4, 0.5) is 0 Å². The highest BCUT2D eigenvalue weighted by molar-refractivity contribution is 6.30. The number of carbonyl (C=O) groups excluding carboxylic acids is 1. The minimum atomic E-state index is -0.506. The maximum absolute atomic E-state index is 12.8. The molecule has 1 amide bonds. The third-order valence-corrected chi connectivity index (χ3v) is 5.19. The maximum atomic E-state index is 12.8. The van der Waals surface area contributed by atoms with E-state index in [1.807, 2.05) is 42.5 Å². The summed E-state index contributed by atoms with van der Waals surface area (Å²) in [6.07, 6.45) is 1.35. The van der Waals surface area contributed by atoms with E-state index in [0.717, 1.165) is 16.7 Å². The van der Waals surface area contributed by atoms with Crippen molar-refractivity contribution in [3.05, 3.63) is 59.1 Å². The molecule has 4 nitrogen and oxygen atoms in total. The molecule has 0 saturated carbocycles. The van der Waals surface area contributed by atoms with Crippen LogP contribution in [0.5, 0.6) is 0 Å². The molecular formula is C20H23ClN2O2. The van der Waals surface area contributed by atoms with Crippen molar-refractivity contribution < 1.29 is 9.53 Å². The number of ether oxygens (including phenoxy) is 1. The Morgan fingerprint density at radius 2 is 1.80 bits per heavy atom. The minimum Gasteiger partial charge on any atom is -0.381 e. The van der Waals surface area contributed by atoms with Gasteiger partial charge in [0.05, 0.1) is 5.41 Å². The van der Waals surface area contributed by atoms with Crippen molar-refractivity contribution in [2.45, 2.75) is 19.4 Å². The lowest BCUT2D eigenvalue weighted by Gasteiger charge is -2.34. The van der Waals surface area contributed by atoms with Crippen LogP contribution in [0.1, 0.15) is 18.4 Å². The molecule has 3 N–H and O–H groups in total. The predicted octanol–water partition coefficient (Wildman–Crippen LogP) is 3.38. The molecule has 3 rings (SSSR count). The molecule has 0 aliphatic carbocycles. The second-order valence-electron chi connectivity index (χ2n) is 6.44. The third kappa shape index (κ3) is 4.03. The monoisotopic (exact) mass is 358 g/mol. The molecule has 1 fully saturated rings. The van der Waals surface area contributed by atoms with Crippen LogP contribution in [0.25, 0.3) is 11.1 Å². The normalized spacial score (nSPS) is 16.4. The number of nitrogens with one attached hydrogen (secondary N) is 1. The Balaban J connectivity index is 1.75. The Labute approximate surface area is 153 Å². The molecule has 0 radical (unpaired) electrons. The summed E-state index contributed by atoms with van der Waals surface area (Å²) in [4.78, 5) is 12.8. The number of hydrogen-bond donors (Lipinski definition) is 2. The average molecular weight is 359 g/mol. The summed E-state index contributed by atoms with van der Waals surface area (Å²) in [5.41, 5.74) is 8.64. The Hall–Kier alpha value is -1.88. The Morgan fingerprint density at radius 1 is 1.12 bits per heavy atom. The van der Waals surface area contributed by atoms with Gasteiger partial charge >= 0.3 is 0 Å². The fourth-order valence-electron chi connectivity index (χ4n) is 3.23. The number of hydrogen-bond acceptors (Lipinski definition) is 3. The third-order valence-electron chi connectivity index (χ3n) is 4.93. The van der Waals surface area contributed by atoms with E-state index in [9.17, 15) is 4.79 Å². The van der Waals surface area contributed by atoms with Gasteiger partial charge in [0.2, 0.25) is 5.91 Å². The zero-order valence-corrected chi connectivity index (χ0v) is 14.9. The van der Waals surface area contributed by atoms with Gasteiger partial charge in [-0.2, -0.15) is 0 Å². The molecule has 1 heterocycles. The summed E-state index contributed by atoms with van der Waals surface area (Å²) in [6, 6.07) is 15.8. The summed E-state index contributed by atoms with van der Waals surface area (Å²) in [5.74, 6) is 0.0178. The van der Waals surface area contributed by atoms with Gasteiger partial charge in [0.1, 0.15) is 0 Å². The van der Waals surface area contributed by atoms with Crippen molar-refractivity contribution in [3.63, 3.8) is 0 Å². The molecule has 0 atom stereocenters. The lowest BCUT2D eigenvalue weighted by molar-refractivity contribution is -0.136. The second-order valence-corrected chi connectivity index (χ2v) is 6.88. The molecule has 25 heavy (non-hydrogen) atoms. The first-order valence-electron chi connectivity index (χ1n) is 8.55. The lowest BCUT2D eigenvalue weighted by atomic mass is 9.79. The molecule has 0 unspecified atom stereocenters.